The molecule has 0 spiro atoms. The highest BCUT2D eigenvalue weighted by Gasteiger charge is 2.20. The maximum Gasteiger partial charge on any atom is 0.419 e. The molecule has 0 aliphatic rings. The number of carbonyl (C=O) groups is 2. The van der Waals surface area contributed by atoms with Crippen LogP contribution >= 0.6 is 11.6 Å². The number of para-hydroxylation sites is 2. The summed E-state index contributed by atoms with van der Waals surface area (Å²) >= 11 is 5.79. The predicted octanol–water partition coefficient (Wildman–Crippen LogP) is 3.45. The van der Waals surface area contributed by atoms with Crippen molar-refractivity contribution >= 4 is 34.5 Å². The minimum Gasteiger partial charge on any atom is -0.454 e. The molecule has 6 nitrogen and oxygen atoms in total. The van der Waals surface area contributed by atoms with Gasteiger partial charge in [0.05, 0.1) is 11.9 Å². The van der Waals surface area contributed by atoms with E-state index in [-0.39, 0.29) is 18.7 Å². The van der Waals surface area contributed by atoms with Crippen molar-refractivity contribution in [3.8, 4) is 0 Å². The van der Waals surface area contributed by atoms with Crippen LogP contribution in [-0.4, -0.2) is 22.4 Å². The number of ketones is 1. The number of oxazole rings is 1. The van der Waals surface area contributed by atoms with E-state index < -0.39 is 17.8 Å². The van der Waals surface area contributed by atoms with E-state index in [0.717, 1.165) is 0 Å². The van der Waals surface area contributed by atoms with Gasteiger partial charge in [0.25, 0.3) is 0 Å². The second kappa shape index (κ2) is 7.58. The number of nitrogens with zero attached hydrogens (tertiary/aromatic N) is 1. The lowest BCUT2D eigenvalue weighted by Gasteiger charge is -2.12. The fourth-order valence-electron chi connectivity index (χ4n) is 2.59. The van der Waals surface area contributed by atoms with Gasteiger partial charge in [0, 0.05) is 17.1 Å². The predicted molar refractivity (Wildman–Crippen MR) is 96.4 cm³/mol. The second-order valence-electron chi connectivity index (χ2n) is 5.74. The molecule has 0 amide bonds. The number of hydrogen-bond donors (Lipinski definition) is 0. The quantitative estimate of drug-likeness (QED) is 0.488. The number of aryl methyl sites for hydroxylation is 1. The summed E-state index contributed by atoms with van der Waals surface area (Å²) < 4.78 is 11.7. The summed E-state index contributed by atoms with van der Waals surface area (Å²) in [6, 6.07) is 13.3. The third kappa shape index (κ3) is 3.86. The second-order valence-corrected chi connectivity index (χ2v) is 6.18. The van der Waals surface area contributed by atoms with Crippen LogP contribution in [0, 0.1) is 0 Å². The molecule has 0 unspecified atom stereocenters. The summed E-state index contributed by atoms with van der Waals surface area (Å²) in [4.78, 5) is 36.2. The molecule has 0 fully saturated rings. The minimum absolute atomic E-state index is 0.0539. The van der Waals surface area contributed by atoms with Crippen molar-refractivity contribution in [2.75, 3.05) is 0 Å². The molecular formula is C19H16ClNO5. The van der Waals surface area contributed by atoms with Gasteiger partial charge in [-0.15, -0.1) is 0 Å². The van der Waals surface area contributed by atoms with Crippen molar-refractivity contribution < 1.29 is 18.7 Å². The van der Waals surface area contributed by atoms with E-state index in [4.69, 9.17) is 20.8 Å². The number of hydrogen-bond acceptors (Lipinski definition) is 5. The lowest BCUT2D eigenvalue weighted by atomic mass is 10.1. The molecule has 1 aromatic heterocycles. The molecule has 0 aliphatic carbocycles. The van der Waals surface area contributed by atoms with Crippen LogP contribution in [0.3, 0.4) is 0 Å². The topological polar surface area (TPSA) is 78.5 Å². The number of ether oxygens (including phenoxy) is 1. The zero-order valence-electron chi connectivity index (χ0n) is 14.0. The fourth-order valence-corrected chi connectivity index (χ4v) is 2.71. The molecule has 0 N–H and O–H groups in total. The molecule has 2 aromatic carbocycles. The molecule has 26 heavy (non-hydrogen) atoms. The monoisotopic (exact) mass is 373 g/mol. The molecule has 0 saturated heterocycles. The summed E-state index contributed by atoms with van der Waals surface area (Å²) in [5.41, 5.74) is 1.47. The van der Waals surface area contributed by atoms with Crippen LogP contribution in [0.15, 0.2) is 57.7 Å². The highest BCUT2D eigenvalue weighted by molar-refractivity contribution is 6.30. The highest BCUT2D eigenvalue weighted by Crippen LogP contribution is 2.14. The van der Waals surface area contributed by atoms with E-state index in [1.165, 1.54) is 11.5 Å². The van der Waals surface area contributed by atoms with Gasteiger partial charge in [0.15, 0.2) is 11.7 Å². The van der Waals surface area contributed by atoms with Gasteiger partial charge in [-0.25, -0.2) is 4.79 Å². The number of rotatable bonds is 6. The van der Waals surface area contributed by atoms with Crippen LogP contribution in [0.25, 0.3) is 11.1 Å². The molecular weight excluding hydrogens is 358 g/mol. The number of benzene rings is 2. The van der Waals surface area contributed by atoms with Crippen LogP contribution < -0.4 is 5.76 Å². The van der Waals surface area contributed by atoms with Gasteiger partial charge in [0.2, 0.25) is 5.78 Å². The maximum atomic E-state index is 12.3. The molecule has 0 radical (unpaired) electrons. The normalized spacial score (nSPS) is 12.1. The maximum absolute atomic E-state index is 12.3. The fraction of sp³-hybridized carbons (Fsp3) is 0.211. The Kier molecular flexibility index (Phi) is 5.23. The molecule has 3 aromatic rings. The molecule has 1 heterocycles. The number of aromatic nitrogens is 1. The zero-order valence-corrected chi connectivity index (χ0v) is 14.7. The first kappa shape index (κ1) is 17.9. The number of esters is 1. The third-order valence-corrected chi connectivity index (χ3v) is 4.17. The average molecular weight is 374 g/mol. The molecule has 0 aliphatic heterocycles. The van der Waals surface area contributed by atoms with Crippen molar-refractivity contribution in [2.24, 2.45) is 0 Å². The smallest absolute Gasteiger partial charge is 0.419 e. The SMILES string of the molecule is C[C@H](OC(=O)CCn1c(=O)oc2ccccc21)C(=O)c1ccc(Cl)cc1. The van der Waals surface area contributed by atoms with Crippen molar-refractivity contribution in [1.82, 2.24) is 4.57 Å². The largest absolute Gasteiger partial charge is 0.454 e. The van der Waals surface area contributed by atoms with Gasteiger partial charge in [-0.1, -0.05) is 23.7 Å². The minimum atomic E-state index is -0.929. The van der Waals surface area contributed by atoms with Gasteiger partial charge in [-0.2, -0.15) is 0 Å². The van der Waals surface area contributed by atoms with Gasteiger partial charge in [-0.3, -0.25) is 14.2 Å². The highest BCUT2D eigenvalue weighted by atomic mass is 35.5. The Balaban J connectivity index is 1.61. The number of Topliss-reactive ketones (excluding diaryl/α,β-unsaturated/α-hetero) is 1. The summed E-state index contributed by atoms with van der Waals surface area (Å²) in [6.07, 6.45) is -0.983. The molecule has 3 rings (SSSR count). The number of carbonyl (C=O) groups excluding carboxylic acids is 2. The Morgan fingerprint density at radius 3 is 2.58 bits per heavy atom. The van der Waals surface area contributed by atoms with Crippen LogP contribution in [-0.2, 0) is 16.1 Å². The van der Waals surface area contributed by atoms with Crippen molar-refractivity contribution in [3.05, 3.63) is 69.7 Å². The van der Waals surface area contributed by atoms with E-state index in [1.807, 2.05) is 0 Å². The van der Waals surface area contributed by atoms with Gasteiger partial charge in [0.1, 0.15) is 0 Å². The Labute approximate surface area is 153 Å². The van der Waals surface area contributed by atoms with E-state index in [0.29, 0.717) is 21.7 Å². The lowest BCUT2D eigenvalue weighted by Crippen LogP contribution is -2.25. The first-order valence-electron chi connectivity index (χ1n) is 8.03. The van der Waals surface area contributed by atoms with Gasteiger partial charge >= 0.3 is 11.7 Å². The molecule has 1 atom stereocenters. The number of halogens is 1. The number of fused-ring (bicyclic) bond motifs is 1. The Hall–Kier alpha value is -2.86. The van der Waals surface area contributed by atoms with Gasteiger partial charge in [-0.05, 0) is 43.3 Å². The van der Waals surface area contributed by atoms with Crippen LogP contribution in [0.4, 0.5) is 0 Å². The Morgan fingerprint density at radius 1 is 1.15 bits per heavy atom. The summed E-state index contributed by atoms with van der Waals surface area (Å²) in [6.45, 7) is 1.62. The Bertz CT molecular complexity index is 1000. The van der Waals surface area contributed by atoms with E-state index in [9.17, 15) is 14.4 Å². The summed E-state index contributed by atoms with van der Waals surface area (Å²) in [5.74, 6) is -1.43. The van der Waals surface area contributed by atoms with Crippen LogP contribution in [0.2, 0.25) is 5.02 Å². The first-order valence-corrected chi connectivity index (χ1v) is 8.41. The van der Waals surface area contributed by atoms with Crippen molar-refractivity contribution in [2.45, 2.75) is 26.0 Å². The van der Waals surface area contributed by atoms with E-state index >= 15 is 0 Å². The Morgan fingerprint density at radius 2 is 1.85 bits per heavy atom. The van der Waals surface area contributed by atoms with Crippen molar-refractivity contribution in [3.63, 3.8) is 0 Å². The van der Waals surface area contributed by atoms with E-state index in [2.05, 4.69) is 0 Å². The molecule has 134 valence electrons. The van der Waals surface area contributed by atoms with E-state index in [1.54, 1.807) is 48.5 Å². The molecule has 0 bridgehead atoms. The third-order valence-electron chi connectivity index (χ3n) is 3.92. The standard InChI is InChI=1S/C19H16ClNO5/c1-12(18(23)13-6-8-14(20)9-7-13)25-17(22)10-11-21-15-4-2-3-5-16(15)26-19(21)24/h2-9,12H,10-11H2,1H3/t12-/m0/s1. The van der Waals surface area contributed by atoms with Crippen molar-refractivity contribution in [1.29, 1.82) is 0 Å². The van der Waals surface area contributed by atoms with Crippen LogP contribution in [0.5, 0.6) is 0 Å². The first-order chi connectivity index (χ1) is 12.5. The van der Waals surface area contributed by atoms with Gasteiger partial charge < -0.3 is 9.15 Å². The lowest BCUT2D eigenvalue weighted by molar-refractivity contribution is -0.146. The average Bonchev–Trinajstić information content (AvgIpc) is 2.95. The summed E-state index contributed by atoms with van der Waals surface area (Å²) in [7, 11) is 0. The molecule has 7 heteroatoms. The zero-order chi connectivity index (χ0) is 18.7. The summed E-state index contributed by atoms with van der Waals surface area (Å²) in [5, 5.41) is 0.518. The molecule has 0 saturated carbocycles. The van der Waals surface area contributed by atoms with Crippen LogP contribution in [0.1, 0.15) is 23.7 Å².